The highest BCUT2D eigenvalue weighted by atomic mass is 35.5. The van der Waals surface area contributed by atoms with Gasteiger partial charge in [-0.1, -0.05) is 11.6 Å². The second-order valence-corrected chi connectivity index (χ2v) is 6.70. The number of aliphatic hydroxyl groups is 1. The Morgan fingerprint density at radius 3 is 2.50 bits per heavy atom. The number of benzene rings is 2. The first-order valence-electron chi connectivity index (χ1n) is 8.57. The maximum absolute atomic E-state index is 14.6. The number of aromatic carboxylic acids is 1. The summed E-state index contributed by atoms with van der Waals surface area (Å²) in [6.45, 7) is -0.0412. The summed E-state index contributed by atoms with van der Waals surface area (Å²) < 4.78 is 43.6. The van der Waals surface area contributed by atoms with Gasteiger partial charge in [0, 0.05) is 25.4 Å². The minimum atomic E-state index is -1.63. The van der Waals surface area contributed by atoms with E-state index in [1.807, 2.05) is 0 Å². The quantitative estimate of drug-likeness (QED) is 0.345. The Balaban J connectivity index is 2.44. The highest BCUT2D eigenvalue weighted by Gasteiger charge is 2.23. The van der Waals surface area contributed by atoms with Gasteiger partial charge in [0.2, 0.25) is 5.43 Å². The lowest BCUT2D eigenvalue weighted by Crippen LogP contribution is -2.20. The van der Waals surface area contributed by atoms with Crippen molar-refractivity contribution in [1.82, 2.24) is 4.57 Å². The molecule has 0 bridgehead atoms. The van der Waals surface area contributed by atoms with Gasteiger partial charge in [0.15, 0.2) is 0 Å². The van der Waals surface area contributed by atoms with E-state index < -0.39 is 51.2 Å². The van der Waals surface area contributed by atoms with Crippen LogP contribution in [0.2, 0.25) is 5.02 Å². The van der Waals surface area contributed by atoms with Crippen molar-refractivity contribution in [2.24, 2.45) is 0 Å². The first kappa shape index (κ1) is 21.5. The number of anilines is 2. The Morgan fingerprint density at radius 2 is 1.87 bits per heavy atom. The van der Waals surface area contributed by atoms with Gasteiger partial charge in [0.1, 0.15) is 23.0 Å². The van der Waals surface area contributed by atoms with Gasteiger partial charge < -0.3 is 25.8 Å². The molecule has 1 heterocycles. The molecule has 0 amide bonds. The molecule has 2 aromatic carbocycles. The summed E-state index contributed by atoms with van der Waals surface area (Å²) in [7, 11) is 0. The predicted octanol–water partition coefficient (Wildman–Crippen LogP) is 3.14. The van der Waals surface area contributed by atoms with E-state index in [4.69, 9.17) is 22.4 Å². The number of rotatable bonds is 6. The molecular formula is C19H15ClF3N3O4. The van der Waals surface area contributed by atoms with Gasteiger partial charge in [0.25, 0.3) is 0 Å². The second kappa shape index (κ2) is 8.25. The molecule has 0 spiro atoms. The maximum atomic E-state index is 14.6. The molecule has 0 saturated carbocycles. The predicted molar refractivity (Wildman–Crippen MR) is 106 cm³/mol. The topological polar surface area (TPSA) is 118 Å². The van der Waals surface area contributed by atoms with Crippen LogP contribution in [0.5, 0.6) is 0 Å². The molecule has 0 radical (unpaired) electrons. The van der Waals surface area contributed by atoms with Crippen molar-refractivity contribution < 1.29 is 28.2 Å². The van der Waals surface area contributed by atoms with Gasteiger partial charge in [0.05, 0.1) is 33.0 Å². The molecule has 30 heavy (non-hydrogen) atoms. The standard InChI is InChI=1S/C19H15ClF3N3O4/c20-15-16(25-2-1-3-27)12(23)4-8-17(15)26(7-9(18(8)28)19(29)30)14-6-13(24)10(21)5-11(14)22/h4-7,25,27H,1-3,24H2,(H,29,30). The highest BCUT2D eigenvalue weighted by Crippen LogP contribution is 2.35. The van der Waals surface area contributed by atoms with E-state index in [0.29, 0.717) is 6.07 Å². The number of nitrogens with one attached hydrogen (secondary N) is 1. The molecule has 3 rings (SSSR count). The number of aliphatic hydroxyl groups excluding tert-OH is 1. The normalized spacial score (nSPS) is 11.1. The van der Waals surface area contributed by atoms with Crippen LogP contribution in [-0.4, -0.2) is 33.9 Å². The number of fused-ring (bicyclic) bond motifs is 1. The first-order valence-corrected chi connectivity index (χ1v) is 8.95. The fraction of sp³-hybridized carbons (Fsp3) is 0.158. The summed E-state index contributed by atoms with van der Waals surface area (Å²) >= 11 is 6.31. The van der Waals surface area contributed by atoms with E-state index in [0.717, 1.165) is 22.9 Å². The van der Waals surface area contributed by atoms with Crippen molar-refractivity contribution >= 4 is 39.8 Å². The third-order valence-electron chi connectivity index (χ3n) is 4.37. The molecule has 11 heteroatoms. The Labute approximate surface area is 172 Å². The highest BCUT2D eigenvalue weighted by molar-refractivity contribution is 6.38. The van der Waals surface area contributed by atoms with Crippen molar-refractivity contribution in [3.05, 3.63) is 62.7 Å². The third-order valence-corrected chi connectivity index (χ3v) is 4.74. The van der Waals surface area contributed by atoms with Crippen molar-refractivity contribution in [3.63, 3.8) is 0 Å². The van der Waals surface area contributed by atoms with E-state index >= 15 is 0 Å². The fourth-order valence-electron chi connectivity index (χ4n) is 2.95. The summed E-state index contributed by atoms with van der Waals surface area (Å²) in [5.41, 5.74) is 2.43. The number of aromatic nitrogens is 1. The Morgan fingerprint density at radius 1 is 1.17 bits per heavy atom. The summed E-state index contributed by atoms with van der Waals surface area (Å²) in [5.74, 6) is -4.73. The van der Waals surface area contributed by atoms with Gasteiger partial charge in [-0.2, -0.15) is 0 Å². The van der Waals surface area contributed by atoms with Crippen molar-refractivity contribution in [2.75, 3.05) is 24.2 Å². The molecule has 0 saturated heterocycles. The molecule has 0 aliphatic carbocycles. The first-order chi connectivity index (χ1) is 14.2. The van der Waals surface area contributed by atoms with Crippen LogP contribution in [0.25, 0.3) is 16.6 Å². The molecule has 1 aromatic heterocycles. The number of halogens is 4. The lowest BCUT2D eigenvalue weighted by molar-refractivity contribution is 0.0695. The van der Waals surface area contributed by atoms with E-state index in [-0.39, 0.29) is 35.8 Å². The molecule has 158 valence electrons. The number of carboxylic acid groups (broad SMARTS) is 1. The van der Waals surface area contributed by atoms with Gasteiger partial charge in [-0.15, -0.1) is 0 Å². The van der Waals surface area contributed by atoms with Crippen LogP contribution in [0.4, 0.5) is 24.5 Å². The molecular weight excluding hydrogens is 427 g/mol. The van der Waals surface area contributed by atoms with Crippen LogP contribution in [0, 0.1) is 17.5 Å². The second-order valence-electron chi connectivity index (χ2n) is 6.32. The summed E-state index contributed by atoms with van der Waals surface area (Å²) in [5, 5.41) is 20.1. The largest absolute Gasteiger partial charge is 0.477 e. The number of nitrogen functional groups attached to an aromatic ring is 1. The van der Waals surface area contributed by atoms with Crippen molar-refractivity contribution in [1.29, 1.82) is 0 Å². The number of hydrogen-bond acceptors (Lipinski definition) is 5. The summed E-state index contributed by atoms with van der Waals surface area (Å²) in [6, 6.07) is 2.17. The van der Waals surface area contributed by atoms with Crippen LogP contribution >= 0.6 is 11.6 Å². The minimum absolute atomic E-state index is 0.133. The lowest BCUT2D eigenvalue weighted by atomic mass is 10.1. The van der Waals surface area contributed by atoms with Gasteiger partial charge in [-0.3, -0.25) is 4.79 Å². The molecule has 7 nitrogen and oxygen atoms in total. The number of nitrogens with zero attached hydrogens (tertiary/aromatic N) is 1. The van der Waals surface area contributed by atoms with Crippen LogP contribution in [0.3, 0.4) is 0 Å². The summed E-state index contributed by atoms with van der Waals surface area (Å²) in [4.78, 5) is 24.1. The molecule has 0 unspecified atom stereocenters. The van der Waals surface area contributed by atoms with Crippen LogP contribution in [0.1, 0.15) is 16.8 Å². The number of hydrogen-bond donors (Lipinski definition) is 4. The molecule has 0 fully saturated rings. The number of nitrogens with two attached hydrogens (primary N) is 1. The number of carbonyl (C=O) groups is 1. The molecule has 0 aliphatic rings. The zero-order valence-corrected chi connectivity index (χ0v) is 15.9. The number of pyridine rings is 1. The zero-order valence-electron chi connectivity index (χ0n) is 15.2. The fourth-order valence-corrected chi connectivity index (χ4v) is 3.30. The van der Waals surface area contributed by atoms with Gasteiger partial charge in [-0.25, -0.2) is 18.0 Å². The average molecular weight is 442 g/mol. The van der Waals surface area contributed by atoms with Gasteiger partial charge in [-0.05, 0) is 18.6 Å². The van der Waals surface area contributed by atoms with E-state index in [9.17, 15) is 27.9 Å². The Kier molecular flexibility index (Phi) is 5.90. The van der Waals surface area contributed by atoms with Crippen LogP contribution < -0.4 is 16.5 Å². The lowest BCUT2D eigenvalue weighted by Gasteiger charge is -2.18. The smallest absolute Gasteiger partial charge is 0.341 e. The average Bonchev–Trinajstić information content (AvgIpc) is 2.68. The van der Waals surface area contributed by atoms with E-state index in [1.54, 1.807) is 0 Å². The Bertz CT molecular complexity index is 1230. The van der Waals surface area contributed by atoms with Crippen molar-refractivity contribution in [2.45, 2.75) is 6.42 Å². The Hall–Kier alpha value is -3.24. The minimum Gasteiger partial charge on any atom is -0.477 e. The zero-order chi connectivity index (χ0) is 22.2. The molecule has 0 aliphatic heterocycles. The van der Waals surface area contributed by atoms with E-state index in [1.165, 1.54) is 0 Å². The number of carboxylic acids is 1. The monoisotopic (exact) mass is 441 g/mol. The molecule has 3 aromatic rings. The van der Waals surface area contributed by atoms with Gasteiger partial charge >= 0.3 is 5.97 Å². The SMILES string of the molecule is Nc1cc(-n2cc(C(=O)O)c(=O)c3cc(F)c(NCCCO)c(Cl)c32)c(F)cc1F. The third kappa shape index (κ3) is 3.66. The summed E-state index contributed by atoms with van der Waals surface area (Å²) in [6.07, 6.45) is 1.08. The molecule has 0 atom stereocenters. The van der Waals surface area contributed by atoms with Crippen LogP contribution in [0.15, 0.2) is 29.2 Å². The molecule has 5 N–H and O–H groups in total. The van der Waals surface area contributed by atoms with E-state index in [2.05, 4.69) is 5.32 Å². The van der Waals surface area contributed by atoms with Crippen LogP contribution in [-0.2, 0) is 0 Å². The van der Waals surface area contributed by atoms with Crippen molar-refractivity contribution in [3.8, 4) is 5.69 Å². The maximum Gasteiger partial charge on any atom is 0.341 e.